The van der Waals surface area contributed by atoms with Crippen LogP contribution in [0.4, 0.5) is 0 Å². The lowest BCUT2D eigenvalue weighted by Gasteiger charge is -2.20. The molecule has 4 heteroatoms. The van der Waals surface area contributed by atoms with Crippen LogP contribution in [0.15, 0.2) is 0 Å². The van der Waals surface area contributed by atoms with Crippen molar-refractivity contribution in [2.45, 2.75) is 32.3 Å². The van der Waals surface area contributed by atoms with E-state index in [2.05, 4.69) is 23.9 Å². The van der Waals surface area contributed by atoms with Crippen molar-refractivity contribution in [3.63, 3.8) is 0 Å². The van der Waals surface area contributed by atoms with E-state index in [4.69, 9.17) is 0 Å². The monoisotopic (exact) mass is 226 g/mol. The van der Waals surface area contributed by atoms with Crippen molar-refractivity contribution in [3.05, 3.63) is 15.6 Å². The first-order valence-electron chi connectivity index (χ1n) is 5.32. The van der Waals surface area contributed by atoms with Gasteiger partial charge >= 0.3 is 0 Å². The summed E-state index contributed by atoms with van der Waals surface area (Å²) in [5, 5.41) is 11.4. The molecule has 1 aliphatic rings. The maximum Gasteiger partial charge on any atom is 0.0960 e. The summed E-state index contributed by atoms with van der Waals surface area (Å²) in [6.45, 7) is 5.87. The summed E-state index contributed by atoms with van der Waals surface area (Å²) in [7, 11) is 2.05. The Balaban J connectivity index is 2.08. The van der Waals surface area contributed by atoms with E-state index in [-0.39, 0.29) is 0 Å². The summed E-state index contributed by atoms with van der Waals surface area (Å²) in [4.78, 5) is 7.92. The number of nitrogens with zero attached hydrogens (tertiary/aromatic N) is 2. The van der Waals surface area contributed by atoms with Crippen LogP contribution in [0.1, 0.15) is 22.0 Å². The van der Waals surface area contributed by atoms with E-state index >= 15 is 0 Å². The molecule has 1 aliphatic heterocycles. The van der Waals surface area contributed by atoms with Crippen LogP contribution in [0.3, 0.4) is 0 Å². The van der Waals surface area contributed by atoms with Crippen LogP contribution in [-0.4, -0.2) is 40.7 Å². The van der Waals surface area contributed by atoms with Crippen LogP contribution in [-0.2, 0) is 6.42 Å². The summed E-state index contributed by atoms with van der Waals surface area (Å²) in [6, 6.07) is 0. The predicted octanol–water partition coefficient (Wildman–Crippen LogP) is 1.37. The Bertz CT molecular complexity index is 344. The molecule has 2 rings (SSSR count). The minimum atomic E-state index is -0.550. The first-order chi connectivity index (χ1) is 6.98. The van der Waals surface area contributed by atoms with Crippen molar-refractivity contribution in [2.75, 3.05) is 20.1 Å². The van der Waals surface area contributed by atoms with E-state index in [1.54, 1.807) is 11.3 Å². The standard InChI is InChI=1S/C11H18N2OS/c1-8-9(2)15-10(12-8)6-11(14)4-5-13(3)7-11/h14H,4-7H2,1-3H3. The van der Waals surface area contributed by atoms with Crippen molar-refractivity contribution >= 4 is 11.3 Å². The van der Waals surface area contributed by atoms with Crippen LogP contribution in [0.25, 0.3) is 0 Å². The maximum atomic E-state index is 10.3. The quantitative estimate of drug-likeness (QED) is 0.827. The molecule has 3 nitrogen and oxygen atoms in total. The molecule has 1 saturated heterocycles. The lowest BCUT2D eigenvalue weighted by Crippen LogP contribution is -2.34. The van der Waals surface area contributed by atoms with E-state index in [0.29, 0.717) is 6.42 Å². The third-order valence-corrected chi connectivity index (χ3v) is 4.15. The highest BCUT2D eigenvalue weighted by molar-refractivity contribution is 7.11. The molecule has 0 aliphatic carbocycles. The van der Waals surface area contributed by atoms with Crippen LogP contribution >= 0.6 is 11.3 Å². The normalized spacial score (nSPS) is 27.5. The highest BCUT2D eigenvalue weighted by Crippen LogP contribution is 2.27. The van der Waals surface area contributed by atoms with Gasteiger partial charge in [0.25, 0.3) is 0 Å². The molecule has 1 aromatic heterocycles. The van der Waals surface area contributed by atoms with E-state index in [1.165, 1.54) is 4.88 Å². The van der Waals surface area contributed by atoms with Gasteiger partial charge in [0, 0.05) is 24.4 Å². The molecule has 2 heterocycles. The number of aryl methyl sites for hydroxylation is 2. The molecule has 0 radical (unpaired) electrons. The second-order valence-electron chi connectivity index (χ2n) is 4.64. The molecule has 0 amide bonds. The molecule has 0 bridgehead atoms. The number of hydrogen-bond acceptors (Lipinski definition) is 4. The van der Waals surface area contributed by atoms with Gasteiger partial charge in [-0.25, -0.2) is 4.98 Å². The lowest BCUT2D eigenvalue weighted by molar-refractivity contribution is 0.0523. The van der Waals surface area contributed by atoms with Gasteiger partial charge in [-0.2, -0.15) is 0 Å². The van der Waals surface area contributed by atoms with E-state index in [1.807, 2.05) is 6.92 Å². The summed E-state index contributed by atoms with van der Waals surface area (Å²) in [6.07, 6.45) is 1.57. The molecular formula is C11H18N2OS. The Labute approximate surface area is 94.8 Å². The molecule has 0 aromatic carbocycles. The molecule has 1 unspecified atom stereocenters. The van der Waals surface area contributed by atoms with Gasteiger partial charge in [-0.15, -0.1) is 11.3 Å². The van der Waals surface area contributed by atoms with Crippen molar-refractivity contribution in [1.82, 2.24) is 9.88 Å². The molecule has 1 aromatic rings. The van der Waals surface area contributed by atoms with E-state index < -0.39 is 5.60 Å². The Hall–Kier alpha value is -0.450. The molecule has 0 spiro atoms. The fourth-order valence-corrected chi connectivity index (χ4v) is 3.17. The van der Waals surface area contributed by atoms with E-state index in [0.717, 1.165) is 30.2 Å². The third-order valence-electron chi connectivity index (χ3n) is 3.08. The zero-order chi connectivity index (χ0) is 11.1. The van der Waals surface area contributed by atoms with Gasteiger partial charge in [-0.05, 0) is 27.3 Å². The number of aliphatic hydroxyl groups is 1. The summed E-state index contributed by atoms with van der Waals surface area (Å²) < 4.78 is 0. The molecule has 0 saturated carbocycles. The van der Waals surface area contributed by atoms with Crippen molar-refractivity contribution < 1.29 is 5.11 Å². The number of likely N-dealkylation sites (N-methyl/N-ethyl adjacent to an activating group) is 1. The second kappa shape index (κ2) is 3.85. The average molecular weight is 226 g/mol. The minimum absolute atomic E-state index is 0.550. The van der Waals surface area contributed by atoms with Crippen molar-refractivity contribution in [2.24, 2.45) is 0 Å². The molecule has 1 N–H and O–H groups in total. The largest absolute Gasteiger partial charge is 0.388 e. The maximum absolute atomic E-state index is 10.3. The van der Waals surface area contributed by atoms with Gasteiger partial charge in [-0.1, -0.05) is 0 Å². The molecule has 15 heavy (non-hydrogen) atoms. The van der Waals surface area contributed by atoms with E-state index in [9.17, 15) is 5.11 Å². The van der Waals surface area contributed by atoms with Crippen molar-refractivity contribution in [3.8, 4) is 0 Å². The summed E-state index contributed by atoms with van der Waals surface area (Å²) >= 11 is 1.71. The Kier molecular flexibility index (Phi) is 2.83. The van der Waals surface area contributed by atoms with Gasteiger partial charge < -0.3 is 10.0 Å². The van der Waals surface area contributed by atoms with Crippen LogP contribution in [0.2, 0.25) is 0 Å². The topological polar surface area (TPSA) is 36.4 Å². The minimum Gasteiger partial charge on any atom is -0.388 e. The smallest absolute Gasteiger partial charge is 0.0960 e. The van der Waals surface area contributed by atoms with Gasteiger partial charge in [-0.3, -0.25) is 0 Å². The SMILES string of the molecule is Cc1nc(CC2(O)CCN(C)C2)sc1C. The Morgan fingerprint density at radius 1 is 1.53 bits per heavy atom. The molecular weight excluding hydrogens is 208 g/mol. The Morgan fingerprint density at radius 2 is 2.27 bits per heavy atom. The molecule has 84 valence electrons. The highest BCUT2D eigenvalue weighted by atomic mass is 32.1. The first kappa shape index (κ1) is 11.0. The number of thiazole rings is 1. The zero-order valence-corrected chi connectivity index (χ0v) is 10.4. The van der Waals surface area contributed by atoms with Crippen LogP contribution in [0.5, 0.6) is 0 Å². The average Bonchev–Trinajstić information content (AvgIpc) is 2.58. The van der Waals surface area contributed by atoms with Gasteiger partial charge in [0.05, 0.1) is 16.3 Å². The highest BCUT2D eigenvalue weighted by Gasteiger charge is 2.35. The Morgan fingerprint density at radius 3 is 2.73 bits per heavy atom. The van der Waals surface area contributed by atoms with Gasteiger partial charge in [0.2, 0.25) is 0 Å². The number of likely N-dealkylation sites (tertiary alicyclic amines) is 1. The number of rotatable bonds is 2. The van der Waals surface area contributed by atoms with Gasteiger partial charge in [0.15, 0.2) is 0 Å². The number of aromatic nitrogens is 1. The van der Waals surface area contributed by atoms with Crippen molar-refractivity contribution in [1.29, 1.82) is 0 Å². The molecule has 1 fully saturated rings. The zero-order valence-electron chi connectivity index (χ0n) is 9.58. The first-order valence-corrected chi connectivity index (χ1v) is 6.14. The number of β-amino-alcohol motifs (C(OH)–C–C–N with tert-alkyl or cyclic N) is 1. The van der Waals surface area contributed by atoms with Crippen LogP contribution in [0, 0.1) is 13.8 Å². The summed E-state index contributed by atoms with van der Waals surface area (Å²) in [5.74, 6) is 0. The predicted molar refractivity (Wildman–Crippen MR) is 62.4 cm³/mol. The van der Waals surface area contributed by atoms with Gasteiger partial charge in [0.1, 0.15) is 0 Å². The second-order valence-corrected chi connectivity index (χ2v) is 5.93. The van der Waals surface area contributed by atoms with Crippen LogP contribution < -0.4 is 0 Å². The summed E-state index contributed by atoms with van der Waals surface area (Å²) in [5.41, 5.74) is 0.552. The lowest BCUT2D eigenvalue weighted by atomic mass is 10.00. The fraction of sp³-hybridized carbons (Fsp3) is 0.727. The molecule has 1 atom stereocenters. The number of hydrogen-bond donors (Lipinski definition) is 1. The fourth-order valence-electron chi connectivity index (χ4n) is 2.10. The third kappa shape index (κ3) is 2.38.